The van der Waals surface area contributed by atoms with E-state index in [2.05, 4.69) is 10.6 Å². The van der Waals surface area contributed by atoms with Gasteiger partial charge in [0.1, 0.15) is 5.70 Å². The lowest BCUT2D eigenvalue weighted by Gasteiger charge is -2.29. The van der Waals surface area contributed by atoms with E-state index in [4.69, 9.17) is 17.0 Å². The Balaban J connectivity index is 2.37. The molecule has 20 heavy (non-hydrogen) atoms. The number of benzene rings is 1. The Labute approximate surface area is 124 Å². The van der Waals surface area contributed by atoms with Crippen molar-refractivity contribution in [3.05, 3.63) is 46.7 Å². The van der Waals surface area contributed by atoms with Gasteiger partial charge in [0.15, 0.2) is 5.11 Å². The number of rotatable bonds is 3. The lowest BCUT2D eigenvalue weighted by atomic mass is 9.96. The van der Waals surface area contributed by atoms with Crippen molar-refractivity contribution in [1.29, 1.82) is 0 Å². The molecule has 106 valence electrons. The van der Waals surface area contributed by atoms with Gasteiger partial charge < -0.3 is 15.4 Å². The highest BCUT2D eigenvalue weighted by Crippen LogP contribution is 2.26. The molecule has 0 amide bonds. The van der Waals surface area contributed by atoms with Crippen molar-refractivity contribution in [2.45, 2.75) is 26.8 Å². The molecule has 5 heteroatoms. The van der Waals surface area contributed by atoms with Gasteiger partial charge in [-0.25, -0.2) is 4.79 Å². The second-order valence-corrected chi connectivity index (χ2v) is 5.13. The molecule has 1 atom stereocenters. The predicted octanol–water partition coefficient (Wildman–Crippen LogP) is 2.35. The first-order valence-corrected chi connectivity index (χ1v) is 6.95. The van der Waals surface area contributed by atoms with Crippen LogP contribution in [0.5, 0.6) is 0 Å². The van der Waals surface area contributed by atoms with E-state index < -0.39 is 0 Å². The lowest BCUT2D eigenvalue weighted by Crippen LogP contribution is -2.45. The molecule has 0 saturated heterocycles. The second-order valence-electron chi connectivity index (χ2n) is 4.72. The van der Waals surface area contributed by atoms with Crippen LogP contribution in [0.2, 0.25) is 0 Å². The maximum absolute atomic E-state index is 12.0. The van der Waals surface area contributed by atoms with E-state index in [0.29, 0.717) is 17.4 Å². The second kappa shape index (κ2) is 6.05. The van der Waals surface area contributed by atoms with Gasteiger partial charge >= 0.3 is 5.97 Å². The van der Waals surface area contributed by atoms with E-state index in [-0.39, 0.29) is 12.0 Å². The molecular weight excluding hydrogens is 272 g/mol. The number of hydrogen-bond donors (Lipinski definition) is 2. The Morgan fingerprint density at radius 2 is 1.95 bits per heavy atom. The fourth-order valence-electron chi connectivity index (χ4n) is 2.14. The number of thiocarbonyl (C=S) groups is 1. The zero-order valence-corrected chi connectivity index (χ0v) is 12.6. The standard InChI is InChI=1S/C15H18N2O2S/c1-4-19-14(18)13-10(3)12(16-15(20)17-13)11-7-5-9(2)6-8-11/h5-8,12H,4H2,1-3H3,(H2,16,17,20). The minimum Gasteiger partial charge on any atom is -0.461 e. The van der Waals surface area contributed by atoms with Crippen molar-refractivity contribution in [3.63, 3.8) is 0 Å². The fourth-order valence-corrected chi connectivity index (χ4v) is 2.36. The number of hydrogen-bond acceptors (Lipinski definition) is 3. The minimum absolute atomic E-state index is 0.108. The molecule has 1 unspecified atom stereocenters. The first-order chi connectivity index (χ1) is 9.52. The Morgan fingerprint density at radius 1 is 1.30 bits per heavy atom. The number of carbonyl (C=O) groups is 1. The summed E-state index contributed by atoms with van der Waals surface area (Å²) >= 11 is 5.18. The maximum atomic E-state index is 12.0. The smallest absolute Gasteiger partial charge is 0.354 e. The number of carbonyl (C=O) groups excluding carboxylic acids is 1. The summed E-state index contributed by atoms with van der Waals surface area (Å²) < 4.78 is 5.06. The molecule has 4 nitrogen and oxygen atoms in total. The number of nitrogens with one attached hydrogen (secondary N) is 2. The summed E-state index contributed by atoms with van der Waals surface area (Å²) in [5, 5.41) is 6.51. The number of ether oxygens (including phenoxy) is 1. The SMILES string of the molecule is CCOC(=O)C1=C(C)C(c2ccc(C)cc2)NC(=S)N1. The van der Waals surface area contributed by atoms with Crippen LogP contribution in [0, 0.1) is 6.92 Å². The Bertz CT molecular complexity index is 564. The predicted molar refractivity (Wildman–Crippen MR) is 82.1 cm³/mol. The van der Waals surface area contributed by atoms with Crippen LogP contribution in [0.15, 0.2) is 35.5 Å². The van der Waals surface area contributed by atoms with Crippen LogP contribution in [0.1, 0.15) is 31.0 Å². The van der Waals surface area contributed by atoms with E-state index in [1.165, 1.54) is 5.56 Å². The van der Waals surface area contributed by atoms with E-state index >= 15 is 0 Å². The largest absolute Gasteiger partial charge is 0.461 e. The molecule has 0 aliphatic carbocycles. The van der Waals surface area contributed by atoms with Crippen LogP contribution >= 0.6 is 12.2 Å². The van der Waals surface area contributed by atoms with Gasteiger partial charge in [-0.1, -0.05) is 29.8 Å². The van der Waals surface area contributed by atoms with Crippen molar-refractivity contribution in [1.82, 2.24) is 10.6 Å². The third-order valence-electron chi connectivity index (χ3n) is 3.23. The van der Waals surface area contributed by atoms with Gasteiger partial charge in [-0.3, -0.25) is 0 Å². The third kappa shape index (κ3) is 2.99. The molecule has 0 fully saturated rings. The molecule has 1 aromatic carbocycles. The van der Waals surface area contributed by atoms with Gasteiger partial charge in [0.05, 0.1) is 12.6 Å². The van der Waals surface area contributed by atoms with Crippen molar-refractivity contribution in [2.75, 3.05) is 6.61 Å². The Morgan fingerprint density at radius 3 is 2.55 bits per heavy atom. The van der Waals surface area contributed by atoms with Gasteiger partial charge in [-0.15, -0.1) is 0 Å². The van der Waals surface area contributed by atoms with E-state index in [9.17, 15) is 4.79 Å². The van der Waals surface area contributed by atoms with Gasteiger partial charge in [0.2, 0.25) is 0 Å². The summed E-state index contributed by atoms with van der Waals surface area (Å²) in [7, 11) is 0. The zero-order chi connectivity index (χ0) is 14.7. The van der Waals surface area contributed by atoms with Crippen molar-refractivity contribution < 1.29 is 9.53 Å². The van der Waals surface area contributed by atoms with Gasteiger partial charge in [-0.2, -0.15) is 0 Å². The van der Waals surface area contributed by atoms with Gasteiger partial charge in [0, 0.05) is 0 Å². The average molecular weight is 290 g/mol. The zero-order valence-electron chi connectivity index (χ0n) is 11.8. The molecule has 0 spiro atoms. The lowest BCUT2D eigenvalue weighted by molar-refractivity contribution is -0.138. The normalized spacial score (nSPS) is 18.4. The number of esters is 1. The van der Waals surface area contributed by atoms with Crippen LogP contribution in [-0.2, 0) is 9.53 Å². The molecular formula is C15H18N2O2S. The van der Waals surface area contributed by atoms with Crippen molar-refractivity contribution in [2.24, 2.45) is 0 Å². The van der Waals surface area contributed by atoms with E-state index in [0.717, 1.165) is 11.1 Å². The molecule has 2 N–H and O–H groups in total. The molecule has 1 aliphatic heterocycles. The van der Waals surface area contributed by atoms with Crippen LogP contribution < -0.4 is 10.6 Å². The highest BCUT2D eigenvalue weighted by atomic mass is 32.1. The van der Waals surface area contributed by atoms with Crippen LogP contribution in [0.3, 0.4) is 0 Å². The summed E-state index contributed by atoms with van der Waals surface area (Å²) in [4.78, 5) is 12.0. The molecule has 2 rings (SSSR count). The topological polar surface area (TPSA) is 50.4 Å². The van der Waals surface area contributed by atoms with Gasteiger partial charge in [-0.05, 0) is 44.1 Å². The van der Waals surface area contributed by atoms with Crippen molar-refractivity contribution in [3.8, 4) is 0 Å². The summed E-state index contributed by atoms with van der Waals surface area (Å²) in [5.74, 6) is -0.369. The highest BCUT2D eigenvalue weighted by Gasteiger charge is 2.27. The Hall–Kier alpha value is -1.88. The minimum atomic E-state index is -0.369. The molecule has 1 aromatic rings. The van der Waals surface area contributed by atoms with Crippen LogP contribution in [0.4, 0.5) is 0 Å². The van der Waals surface area contributed by atoms with Crippen molar-refractivity contribution >= 4 is 23.3 Å². The number of aryl methyl sites for hydroxylation is 1. The molecule has 0 bridgehead atoms. The molecule has 0 aromatic heterocycles. The first kappa shape index (κ1) is 14.5. The quantitative estimate of drug-likeness (QED) is 0.661. The monoisotopic (exact) mass is 290 g/mol. The summed E-state index contributed by atoms with van der Waals surface area (Å²) in [6, 6.07) is 8.04. The molecule has 0 radical (unpaired) electrons. The van der Waals surface area contributed by atoms with E-state index in [1.54, 1.807) is 6.92 Å². The summed E-state index contributed by atoms with van der Waals surface area (Å²) in [5.41, 5.74) is 3.57. The van der Waals surface area contributed by atoms with Crippen LogP contribution in [0.25, 0.3) is 0 Å². The van der Waals surface area contributed by atoms with Crippen LogP contribution in [-0.4, -0.2) is 17.7 Å². The molecule has 1 aliphatic rings. The third-order valence-corrected chi connectivity index (χ3v) is 3.45. The summed E-state index contributed by atoms with van der Waals surface area (Å²) in [6.07, 6.45) is 0. The van der Waals surface area contributed by atoms with Gasteiger partial charge in [0.25, 0.3) is 0 Å². The molecule has 1 heterocycles. The Kier molecular flexibility index (Phi) is 4.39. The first-order valence-electron chi connectivity index (χ1n) is 6.55. The average Bonchev–Trinajstić information content (AvgIpc) is 2.42. The fraction of sp³-hybridized carbons (Fsp3) is 0.333. The van der Waals surface area contributed by atoms with E-state index in [1.807, 2.05) is 38.1 Å². The summed E-state index contributed by atoms with van der Waals surface area (Å²) in [6.45, 7) is 6.06. The highest BCUT2D eigenvalue weighted by molar-refractivity contribution is 7.80. The maximum Gasteiger partial charge on any atom is 0.354 e. The molecule has 0 saturated carbocycles.